The van der Waals surface area contributed by atoms with Gasteiger partial charge in [0, 0.05) is 34.9 Å². The Morgan fingerprint density at radius 1 is 1.43 bits per heavy atom. The average Bonchev–Trinajstić information content (AvgIpc) is 2.92. The minimum atomic E-state index is -3.80. The van der Waals surface area contributed by atoms with Gasteiger partial charge in [-0.3, -0.25) is 5.10 Å². The van der Waals surface area contributed by atoms with Crippen molar-refractivity contribution in [2.75, 3.05) is 0 Å². The largest absolute Gasteiger partial charge is 0.326 e. The lowest BCUT2D eigenvalue weighted by molar-refractivity contribution is 0.567. The van der Waals surface area contributed by atoms with E-state index >= 15 is 0 Å². The van der Waals surface area contributed by atoms with E-state index in [1.54, 1.807) is 19.3 Å². The van der Waals surface area contributed by atoms with Gasteiger partial charge in [-0.15, -0.1) is 0 Å². The lowest BCUT2D eigenvalue weighted by Gasteiger charge is -2.15. The number of nitrogens with one attached hydrogen (secondary N) is 2. The van der Waals surface area contributed by atoms with Crippen LogP contribution in [0.3, 0.4) is 0 Å². The van der Waals surface area contributed by atoms with E-state index in [0.717, 1.165) is 0 Å². The molecular formula is C12H14Cl2N4O2S. The highest BCUT2D eigenvalue weighted by molar-refractivity contribution is 7.89. The summed E-state index contributed by atoms with van der Waals surface area (Å²) in [5, 5.41) is 6.79. The first kappa shape index (κ1) is 16.3. The van der Waals surface area contributed by atoms with Crippen molar-refractivity contribution in [3.63, 3.8) is 0 Å². The summed E-state index contributed by atoms with van der Waals surface area (Å²) in [5.41, 5.74) is 6.66. The molecule has 2 aromatic rings. The van der Waals surface area contributed by atoms with E-state index in [0.29, 0.717) is 16.1 Å². The predicted molar refractivity (Wildman–Crippen MR) is 81.7 cm³/mol. The Labute approximate surface area is 132 Å². The van der Waals surface area contributed by atoms with Crippen LogP contribution in [0.2, 0.25) is 10.0 Å². The first-order chi connectivity index (χ1) is 9.86. The van der Waals surface area contributed by atoms with Crippen molar-refractivity contribution in [2.24, 2.45) is 5.73 Å². The topological polar surface area (TPSA) is 101 Å². The molecule has 9 heteroatoms. The average molecular weight is 349 g/mol. The van der Waals surface area contributed by atoms with Gasteiger partial charge in [-0.2, -0.15) is 5.10 Å². The molecule has 0 saturated heterocycles. The van der Waals surface area contributed by atoms with Crippen molar-refractivity contribution in [3.8, 4) is 0 Å². The summed E-state index contributed by atoms with van der Waals surface area (Å²) in [4.78, 5) is -0.0515. The van der Waals surface area contributed by atoms with E-state index in [9.17, 15) is 8.42 Å². The molecule has 0 bridgehead atoms. The highest BCUT2D eigenvalue weighted by Gasteiger charge is 2.23. The fraction of sp³-hybridized carbons (Fsp3) is 0.250. The van der Waals surface area contributed by atoms with Crippen LogP contribution in [0.15, 0.2) is 29.4 Å². The molecule has 0 saturated carbocycles. The van der Waals surface area contributed by atoms with Crippen LogP contribution >= 0.6 is 23.2 Å². The van der Waals surface area contributed by atoms with E-state index in [2.05, 4.69) is 14.9 Å². The summed E-state index contributed by atoms with van der Waals surface area (Å²) < 4.78 is 27.4. The molecule has 1 aromatic heterocycles. The number of benzene rings is 1. The zero-order valence-corrected chi connectivity index (χ0v) is 13.4. The Bertz CT molecular complexity index is 732. The number of aromatic nitrogens is 2. The van der Waals surface area contributed by atoms with Crippen molar-refractivity contribution >= 4 is 33.2 Å². The Kier molecular flexibility index (Phi) is 4.90. The number of hydrogen-bond donors (Lipinski definition) is 3. The van der Waals surface area contributed by atoms with Gasteiger partial charge in [0.05, 0.1) is 11.2 Å². The minimum absolute atomic E-state index is 0.0388. The van der Waals surface area contributed by atoms with E-state index in [-0.39, 0.29) is 16.5 Å². The van der Waals surface area contributed by atoms with Gasteiger partial charge in [0.1, 0.15) is 4.90 Å². The van der Waals surface area contributed by atoms with Gasteiger partial charge in [-0.25, -0.2) is 13.1 Å². The fourth-order valence-corrected chi connectivity index (χ4v) is 4.00. The summed E-state index contributed by atoms with van der Waals surface area (Å²) in [7, 11) is -3.80. The zero-order chi connectivity index (χ0) is 15.6. The molecule has 0 aliphatic heterocycles. The number of nitrogens with two attached hydrogens (primary N) is 1. The van der Waals surface area contributed by atoms with Crippen molar-refractivity contribution in [2.45, 2.75) is 24.4 Å². The first-order valence-electron chi connectivity index (χ1n) is 6.04. The Hall–Kier alpha value is -1.12. The number of sulfonamides is 1. The third-order valence-corrected chi connectivity index (χ3v) is 5.48. The van der Waals surface area contributed by atoms with Gasteiger partial charge in [-0.1, -0.05) is 23.2 Å². The molecule has 0 fully saturated rings. The van der Waals surface area contributed by atoms with Crippen molar-refractivity contribution < 1.29 is 8.42 Å². The van der Waals surface area contributed by atoms with Crippen LogP contribution in [0.5, 0.6) is 0 Å². The summed E-state index contributed by atoms with van der Waals surface area (Å²) >= 11 is 12.1. The van der Waals surface area contributed by atoms with E-state index in [1.165, 1.54) is 12.1 Å². The van der Waals surface area contributed by atoms with Crippen LogP contribution < -0.4 is 10.5 Å². The minimum Gasteiger partial charge on any atom is -0.326 e. The summed E-state index contributed by atoms with van der Waals surface area (Å²) in [6.45, 7) is 1.76. The van der Waals surface area contributed by atoms with Crippen LogP contribution in [-0.2, 0) is 16.6 Å². The summed E-state index contributed by atoms with van der Waals surface area (Å²) in [6.07, 6.45) is 3.16. The maximum atomic E-state index is 12.4. The van der Waals surface area contributed by atoms with Crippen molar-refractivity contribution in [3.05, 3.63) is 45.7 Å². The second-order valence-corrected chi connectivity index (χ2v) is 6.88. The third kappa shape index (κ3) is 3.38. The molecule has 1 atom stereocenters. The normalized spacial score (nSPS) is 13.3. The molecule has 0 radical (unpaired) electrons. The molecule has 1 aromatic carbocycles. The zero-order valence-electron chi connectivity index (χ0n) is 11.1. The van der Waals surface area contributed by atoms with E-state index in [1.807, 2.05) is 0 Å². The summed E-state index contributed by atoms with van der Waals surface area (Å²) in [5.74, 6) is 0. The predicted octanol–water partition coefficient (Wildman–Crippen LogP) is 2.21. The molecule has 0 spiro atoms. The Morgan fingerprint density at radius 3 is 2.71 bits per heavy atom. The van der Waals surface area contributed by atoms with Crippen LogP contribution in [0.25, 0.3) is 0 Å². The SMILES string of the molecule is CC(NS(=O)(=O)c1ccc(Cl)c(CN)c1Cl)c1cn[nH]c1. The molecule has 114 valence electrons. The number of halogens is 2. The highest BCUT2D eigenvalue weighted by atomic mass is 35.5. The fourth-order valence-electron chi connectivity index (χ4n) is 1.83. The molecule has 0 amide bonds. The van der Waals surface area contributed by atoms with E-state index in [4.69, 9.17) is 28.9 Å². The number of H-pyrrole nitrogens is 1. The molecule has 0 aliphatic rings. The Morgan fingerprint density at radius 2 is 2.14 bits per heavy atom. The van der Waals surface area contributed by atoms with Crippen LogP contribution in [0.4, 0.5) is 0 Å². The number of rotatable bonds is 5. The van der Waals surface area contributed by atoms with Gasteiger partial charge in [0.15, 0.2) is 0 Å². The smallest absolute Gasteiger partial charge is 0.242 e. The monoisotopic (exact) mass is 348 g/mol. The maximum absolute atomic E-state index is 12.4. The van der Waals surface area contributed by atoms with Gasteiger partial charge >= 0.3 is 0 Å². The molecule has 0 aliphatic carbocycles. The van der Waals surface area contributed by atoms with Gasteiger partial charge in [-0.05, 0) is 19.1 Å². The second kappa shape index (κ2) is 6.33. The lowest BCUT2D eigenvalue weighted by Crippen LogP contribution is -2.27. The molecular weight excluding hydrogens is 335 g/mol. The van der Waals surface area contributed by atoms with Gasteiger partial charge < -0.3 is 5.73 Å². The maximum Gasteiger partial charge on any atom is 0.242 e. The third-order valence-electron chi connectivity index (χ3n) is 3.00. The van der Waals surface area contributed by atoms with Gasteiger partial charge in [0.2, 0.25) is 10.0 Å². The van der Waals surface area contributed by atoms with Gasteiger partial charge in [0.25, 0.3) is 0 Å². The summed E-state index contributed by atoms with van der Waals surface area (Å²) in [6, 6.07) is 2.36. The van der Waals surface area contributed by atoms with Crippen LogP contribution in [0, 0.1) is 0 Å². The lowest BCUT2D eigenvalue weighted by atomic mass is 10.2. The highest BCUT2D eigenvalue weighted by Crippen LogP contribution is 2.31. The molecule has 6 nitrogen and oxygen atoms in total. The number of nitrogens with zero attached hydrogens (tertiary/aromatic N) is 1. The molecule has 21 heavy (non-hydrogen) atoms. The molecule has 1 heterocycles. The standard InChI is InChI=1S/C12H14Cl2N4O2S/c1-7(8-5-16-17-6-8)18-21(19,20)11-3-2-10(13)9(4-15)12(11)14/h2-3,5-7,18H,4,15H2,1H3,(H,16,17). The quantitative estimate of drug-likeness (QED) is 0.770. The van der Waals surface area contributed by atoms with Crippen LogP contribution in [-0.4, -0.2) is 18.6 Å². The van der Waals surface area contributed by atoms with Crippen molar-refractivity contribution in [1.29, 1.82) is 0 Å². The molecule has 4 N–H and O–H groups in total. The first-order valence-corrected chi connectivity index (χ1v) is 8.28. The van der Waals surface area contributed by atoms with Crippen LogP contribution in [0.1, 0.15) is 24.1 Å². The second-order valence-electron chi connectivity index (χ2n) is 4.42. The molecule has 2 rings (SSSR count). The number of aromatic amines is 1. The van der Waals surface area contributed by atoms with Crippen molar-refractivity contribution in [1.82, 2.24) is 14.9 Å². The Balaban J connectivity index is 2.36. The molecule has 1 unspecified atom stereocenters. The number of hydrogen-bond acceptors (Lipinski definition) is 4. The van der Waals surface area contributed by atoms with E-state index < -0.39 is 16.1 Å².